The Morgan fingerprint density at radius 2 is 1.57 bits per heavy atom. The van der Waals surface area contributed by atoms with Crippen molar-refractivity contribution in [2.24, 2.45) is 0 Å². The first kappa shape index (κ1) is 13.8. The van der Waals surface area contributed by atoms with Crippen LogP contribution < -0.4 is 0 Å². The number of rotatable bonds is 8. The van der Waals surface area contributed by atoms with E-state index in [1.54, 1.807) is 7.11 Å². The number of ether oxygens (including phenoxy) is 1. The van der Waals surface area contributed by atoms with E-state index in [4.69, 9.17) is 16.3 Å². The van der Waals surface area contributed by atoms with E-state index in [2.05, 4.69) is 11.8 Å². The Kier molecular flexibility index (Phi) is 12.6. The Morgan fingerprint density at radius 1 is 0.929 bits per heavy atom. The quantitative estimate of drug-likeness (QED) is 0.342. The Labute approximate surface area is 93.2 Å². The van der Waals surface area contributed by atoms with Gasteiger partial charge in [-0.15, -0.1) is 23.4 Å². The molecular weight excluding hydrogens is 196 g/mol. The topological polar surface area (TPSA) is 9.23 Å². The number of halogens is 1. The molecule has 0 aromatic heterocycles. The molecule has 0 aliphatic rings. The minimum Gasteiger partial charge on any atom is -0.385 e. The second kappa shape index (κ2) is 12.8. The van der Waals surface area contributed by atoms with Crippen LogP contribution in [0, 0.1) is 11.8 Å². The summed E-state index contributed by atoms with van der Waals surface area (Å²) in [4.78, 5) is 0. The van der Waals surface area contributed by atoms with E-state index < -0.39 is 0 Å². The summed E-state index contributed by atoms with van der Waals surface area (Å²) in [5, 5.41) is 0. The molecule has 0 N–H and O–H groups in total. The van der Waals surface area contributed by atoms with Crippen molar-refractivity contribution in [3.8, 4) is 11.8 Å². The van der Waals surface area contributed by atoms with Crippen LogP contribution >= 0.6 is 11.6 Å². The van der Waals surface area contributed by atoms with E-state index in [9.17, 15) is 0 Å². The molecule has 0 spiro atoms. The lowest BCUT2D eigenvalue weighted by atomic mass is 10.1. The van der Waals surface area contributed by atoms with Crippen LogP contribution in [-0.4, -0.2) is 19.6 Å². The highest BCUT2D eigenvalue weighted by Gasteiger charge is 1.87. The number of unbranched alkanes of at least 4 members (excludes halogenated alkanes) is 5. The molecule has 82 valence electrons. The van der Waals surface area contributed by atoms with Crippen molar-refractivity contribution in [2.45, 2.75) is 44.9 Å². The zero-order valence-electron chi connectivity index (χ0n) is 9.15. The van der Waals surface area contributed by atoms with E-state index >= 15 is 0 Å². The maximum absolute atomic E-state index is 5.53. The second-order valence-corrected chi connectivity index (χ2v) is 3.68. The second-order valence-electron chi connectivity index (χ2n) is 3.30. The van der Waals surface area contributed by atoms with Crippen LogP contribution in [0.25, 0.3) is 0 Å². The van der Waals surface area contributed by atoms with Gasteiger partial charge in [0.25, 0.3) is 0 Å². The molecule has 0 atom stereocenters. The summed E-state index contributed by atoms with van der Waals surface area (Å²) in [6.07, 6.45) is 7.93. The SMILES string of the molecule is COCCCCCCC#CCCCCl. The van der Waals surface area contributed by atoms with Gasteiger partial charge in [-0.25, -0.2) is 0 Å². The molecule has 0 unspecified atom stereocenters. The molecule has 0 amide bonds. The number of methoxy groups -OCH3 is 1. The minimum absolute atomic E-state index is 0.728. The van der Waals surface area contributed by atoms with Crippen LogP contribution in [0.15, 0.2) is 0 Å². The molecule has 0 bridgehead atoms. The highest BCUT2D eigenvalue weighted by molar-refractivity contribution is 6.17. The molecule has 0 saturated carbocycles. The van der Waals surface area contributed by atoms with E-state index in [1.807, 2.05) is 0 Å². The van der Waals surface area contributed by atoms with Crippen LogP contribution in [0.3, 0.4) is 0 Å². The molecule has 0 rings (SSSR count). The van der Waals surface area contributed by atoms with Crippen LogP contribution in [0.1, 0.15) is 44.9 Å². The molecule has 0 aliphatic heterocycles. The highest BCUT2D eigenvalue weighted by Crippen LogP contribution is 2.02. The zero-order chi connectivity index (χ0) is 10.5. The molecule has 0 heterocycles. The van der Waals surface area contributed by atoms with Crippen molar-refractivity contribution in [3.63, 3.8) is 0 Å². The molecule has 14 heavy (non-hydrogen) atoms. The molecule has 0 fully saturated rings. The first-order valence-electron chi connectivity index (χ1n) is 5.42. The van der Waals surface area contributed by atoms with Gasteiger partial charge in [0.2, 0.25) is 0 Å². The predicted molar refractivity (Wildman–Crippen MR) is 62.7 cm³/mol. The number of hydrogen-bond acceptors (Lipinski definition) is 1. The third-order valence-corrected chi connectivity index (χ3v) is 2.23. The van der Waals surface area contributed by atoms with Crippen molar-refractivity contribution >= 4 is 11.6 Å². The first-order chi connectivity index (χ1) is 6.91. The van der Waals surface area contributed by atoms with Gasteiger partial charge in [-0.05, 0) is 19.3 Å². The van der Waals surface area contributed by atoms with Gasteiger partial charge < -0.3 is 4.74 Å². The van der Waals surface area contributed by atoms with Gasteiger partial charge in [-0.1, -0.05) is 12.8 Å². The smallest absolute Gasteiger partial charge is 0.0462 e. The van der Waals surface area contributed by atoms with E-state index in [0.717, 1.165) is 31.7 Å². The Balaban J connectivity index is 2.99. The molecule has 2 heteroatoms. The van der Waals surface area contributed by atoms with Crippen molar-refractivity contribution in [2.75, 3.05) is 19.6 Å². The van der Waals surface area contributed by atoms with Crippen LogP contribution in [-0.2, 0) is 4.74 Å². The van der Waals surface area contributed by atoms with Crippen LogP contribution in [0.2, 0.25) is 0 Å². The van der Waals surface area contributed by atoms with E-state index in [-0.39, 0.29) is 0 Å². The largest absolute Gasteiger partial charge is 0.385 e. The highest BCUT2D eigenvalue weighted by atomic mass is 35.5. The summed E-state index contributed by atoms with van der Waals surface area (Å²) in [5.74, 6) is 7.03. The Morgan fingerprint density at radius 3 is 2.21 bits per heavy atom. The van der Waals surface area contributed by atoms with Gasteiger partial charge in [0.15, 0.2) is 0 Å². The summed E-state index contributed by atoms with van der Waals surface area (Å²) in [6.45, 7) is 0.890. The standard InChI is InChI=1S/C12H21ClO/c1-14-12-10-8-6-4-2-3-5-7-9-11-13/h2,4,6-12H2,1H3. The lowest BCUT2D eigenvalue weighted by molar-refractivity contribution is 0.192. The van der Waals surface area contributed by atoms with Gasteiger partial charge in [-0.3, -0.25) is 0 Å². The summed E-state index contributed by atoms with van der Waals surface area (Å²) >= 11 is 5.53. The van der Waals surface area contributed by atoms with Crippen molar-refractivity contribution < 1.29 is 4.74 Å². The van der Waals surface area contributed by atoms with E-state index in [1.165, 1.54) is 25.7 Å². The fraction of sp³-hybridized carbons (Fsp3) is 0.833. The van der Waals surface area contributed by atoms with E-state index in [0.29, 0.717) is 0 Å². The summed E-state index contributed by atoms with van der Waals surface area (Å²) in [7, 11) is 1.75. The maximum Gasteiger partial charge on any atom is 0.0462 e. The maximum atomic E-state index is 5.53. The van der Waals surface area contributed by atoms with Crippen molar-refractivity contribution in [1.29, 1.82) is 0 Å². The zero-order valence-corrected chi connectivity index (χ0v) is 9.91. The molecule has 0 aromatic rings. The molecule has 0 saturated heterocycles. The predicted octanol–water partition coefficient (Wildman–Crippen LogP) is 3.61. The average molecular weight is 217 g/mol. The molecule has 0 aromatic carbocycles. The summed E-state index contributed by atoms with van der Waals surface area (Å²) in [6, 6.07) is 0. The average Bonchev–Trinajstić information content (AvgIpc) is 2.21. The van der Waals surface area contributed by atoms with Gasteiger partial charge in [0, 0.05) is 32.4 Å². The fourth-order valence-electron chi connectivity index (χ4n) is 1.15. The normalized spacial score (nSPS) is 9.57. The third kappa shape index (κ3) is 11.8. The Hall–Kier alpha value is -0.190. The Bertz CT molecular complexity index is 157. The molecule has 0 aliphatic carbocycles. The molecule has 0 radical (unpaired) electrons. The molecular formula is C12H21ClO. The van der Waals surface area contributed by atoms with Crippen LogP contribution in [0.4, 0.5) is 0 Å². The van der Waals surface area contributed by atoms with Crippen molar-refractivity contribution in [3.05, 3.63) is 0 Å². The first-order valence-corrected chi connectivity index (χ1v) is 5.96. The third-order valence-electron chi connectivity index (χ3n) is 1.96. The lowest BCUT2D eigenvalue weighted by Gasteiger charge is -1.97. The van der Waals surface area contributed by atoms with Gasteiger partial charge in [0.1, 0.15) is 0 Å². The fourth-order valence-corrected chi connectivity index (χ4v) is 1.28. The van der Waals surface area contributed by atoms with Crippen molar-refractivity contribution in [1.82, 2.24) is 0 Å². The van der Waals surface area contributed by atoms with Gasteiger partial charge >= 0.3 is 0 Å². The number of alkyl halides is 1. The lowest BCUT2D eigenvalue weighted by Crippen LogP contribution is -1.87. The summed E-state index contributed by atoms with van der Waals surface area (Å²) in [5.41, 5.74) is 0. The summed E-state index contributed by atoms with van der Waals surface area (Å²) < 4.78 is 4.97. The number of hydrogen-bond donors (Lipinski definition) is 0. The van der Waals surface area contributed by atoms with Gasteiger partial charge in [-0.2, -0.15) is 0 Å². The minimum atomic E-state index is 0.728. The van der Waals surface area contributed by atoms with Crippen LogP contribution in [0.5, 0.6) is 0 Å². The monoisotopic (exact) mass is 216 g/mol. The van der Waals surface area contributed by atoms with Gasteiger partial charge in [0.05, 0.1) is 0 Å². The molecule has 1 nitrogen and oxygen atoms in total.